The van der Waals surface area contributed by atoms with Gasteiger partial charge in [-0.15, -0.1) is 0 Å². The van der Waals surface area contributed by atoms with Gasteiger partial charge in [0, 0.05) is 0 Å². The molecule has 4 rings (SSSR count). The number of hydrogen-bond donors (Lipinski definition) is 0. The molecule has 2 aliphatic carbocycles. The number of hydrogen-bond acceptors (Lipinski definition) is 0. The van der Waals surface area contributed by atoms with E-state index >= 15 is 0 Å². The lowest BCUT2D eigenvalue weighted by Crippen LogP contribution is -2.30. The highest BCUT2D eigenvalue weighted by Crippen LogP contribution is 2.48. The van der Waals surface area contributed by atoms with Gasteiger partial charge in [-0.2, -0.15) is 0 Å². The van der Waals surface area contributed by atoms with Crippen molar-refractivity contribution in [1.82, 2.24) is 0 Å². The first-order valence-corrected chi connectivity index (χ1v) is 10.4. The van der Waals surface area contributed by atoms with Crippen molar-refractivity contribution in [3.05, 3.63) is 59.2 Å². The van der Waals surface area contributed by atoms with E-state index in [0.717, 1.165) is 43.2 Å². The first kappa shape index (κ1) is 19.5. The molecule has 0 N–H and O–H groups in total. The second kappa shape index (κ2) is 7.88. The monoisotopic (exact) mass is 390 g/mol. The Morgan fingerprint density at radius 2 is 1.43 bits per heavy atom. The molecule has 2 fully saturated rings. The lowest BCUT2D eigenvalue weighted by Gasteiger charge is -2.42. The summed E-state index contributed by atoms with van der Waals surface area (Å²) in [4.78, 5) is 0. The van der Waals surface area contributed by atoms with Gasteiger partial charge in [-0.05, 0) is 91.2 Å². The number of rotatable bonds is 3. The smallest absolute Gasteiger partial charge is 0.159 e. The molecule has 2 aromatic rings. The fourth-order valence-corrected chi connectivity index (χ4v) is 5.42. The van der Waals surface area contributed by atoms with E-state index in [1.165, 1.54) is 43.9 Å². The fourth-order valence-electron chi connectivity index (χ4n) is 5.42. The standard InChI is InChI=1S/C24H26F4/c1-2-14-3-4-16-10-17(6-5-15(16)9-14)19-12-22(27)24(23(28)13-19)18-7-8-20(25)21(26)11-18/h7-8,11-17H,2-6,9-10H2,1H3/t14?,15-,16-,17-/m1/s1. The highest BCUT2D eigenvalue weighted by molar-refractivity contribution is 5.65. The lowest BCUT2D eigenvalue weighted by molar-refractivity contribution is 0.116. The van der Waals surface area contributed by atoms with Gasteiger partial charge in [-0.3, -0.25) is 0 Å². The van der Waals surface area contributed by atoms with Crippen LogP contribution in [0.1, 0.15) is 63.4 Å². The second-order valence-corrected chi connectivity index (χ2v) is 8.61. The molecule has 0 aromatic heterocycles. The van der Waals surface area contributed by atoms with Crippen molar-refractivity contribution in [3.63, 3.8) is 0 Å². The third-order valence-electron chi connectivity index (χ3n) is 7.04. The van der Waals surface area contributed by atoms with E-state index in [9.17, 15) is 17.6 Å². The zero-order valence-corrected chi connectivity index (χ0v) is 16.2. The largest absolute Gasteiger partial charge is 0.206 e. The molecule has 2 aromatic carbocycles. The predicted molar refractivity (Wildman–Crippen MR) is 103 cm³/mol. The number of fused-ring (bicyclic) bond motifs is 1. The SMILES string of the molecule is CCC1CC[C@@H]2C[C@H](c3cc(F)c(-c4ccc(F)c(F)c4)c(F)c3)CC[C@@H]2C1. The highest BCUT2D eigenvalue weighted by atomic mass is 19.2. The summed E-state index contributed by atoms with van der Waals surface area (Å²) in [5, 5.41) is 0. The average molecular weight is 390 g/mol. The van der Waals surface area contributed by atoms with Gasteiger partial charge in [0.1, 0.15) is 11.6 Å². The van der Waals surface area contributed by atoms with E-state index in [-0.39, 0.29) is 17.0 Å². The molecule has 0 spiro atoms. The van der Waals surface area contributed by atoms with Crippen LogP contribution in [0.3, 0.4) is 0 Å². The van der Waals surface area contributed by atoms with E-state index in [0.29, 0.717) is 11.5 Å². The van der Waals surface area contributed by atoms with Gasteiger partial charge in [-0.1, -0.05) is 25.8 Å². The van der Waals surface area contributed by atoms with Crippen LogP contribution in [-0.4, -0.2) is 0 Å². The van der Waals surface area contributed by atoms with Crippen LogP contribution in [-0.2, 0) is 0 Å². The van der Waals surface area contributed by atoms with Crippen LogP contribution in [0, 0.1) is 41.0 Å². The van der Waals surface area contributed by atoms with E-state index in [1.54, 1.807) is 0 Å². The van der Waals surface area contributed by atoms with Crippen molar-refractivity contribution in [2.75, 3.05) is 0 Å². The topological polar surface area (TPSA) is 0 Å². The van der Waals surface area contributed by atoms with Crippen molar-refractivity contribution in [3.8, 4) is 11.1 Å². The van der Waals surface area contributed by atoms with E-state index < -0.39 is 23.3 Å². The molecule has 0 heterocycles. The second-order valence-electron chi connectivity index (χ2n) is 8.61. The minimum absolute atomic E-state index is 0.0158. The van der Waals surface area contributed by atoms with E-state index in [2.05, 4.69) is 6.92 Å². The summed E-state index contributed by atoms with van der Waals surface area (Å²) in [5.41, 5.74) is 0.416. The van der Waals surface area contributed by atoms with E-state index in [4.69, 9.17) is 0 Å². The van der Waals surface area contributed by atoms with Gasteiger partial charge in [0.25, 0.3) is 0 Å². The minimum atomic E-state index is -1.11. The van der Waals surface area contributed by atoms with Gasteiger partial charge in [0.2, 0.25) is 0 Å². The average Bonchev–Trinajstić information content (AvgIpc) is 2.69. The molecular weight excluding hydrogens is 364 g/mol. The lowest BCUT2D eigenvalue weighted by atomic mass is 9.63. The summed E-state index contributed by atoms with van der Waals surface area (Å²) < 4.78 is 56.1. The van der Waals surface area contributed by atoms with Crippen molar-refractivity contribution in [2.24, 2.45) is 17.8 Å². The summed E-state index contributed by atoms with van der Waals surface area (Å²) in [6, 6.07) is 5.72. The van der Waals surface area contributed by atoms with Gasteiger partial charge >= 0.3 is 0 Å². The summed E-state index contributed by atoms with van der Waals surface area (Å²) in [6.45, 7) is 2.26. The van der Waals surface area contributed by atoms with Crippen LogP contribution in [0.5, 0.6) is 0 Å². The maximum atomic E-state index is 14.8. The molecular formula is C24H26F4. The number of halogens is 4. The molecule has 150 valence electrons. The fraction of sp³-hybridized carbons (Fsp3) is 0.500. The molecule has 0 saturated heterocycles. The Labute approximate surface area is 164 Å². The maximum absolute atomic E-state index is 14.8. The van der Waals surface area contributed by atoms with Gasteiger partial charge in [0.15, 0.2) is 11.6 Å². The number of benzene rings is 2. The zero-order chi connectivity index (χ0) is 19.8. The van der Waals surface area contributed by atoms with Gasteiger partial charge < -0.3 is 0 Å². The molecule has 0 radical (unpaired) electrons. The van der Waals surface area contributed by atoms with Crippen LogP contribution >= 0.6 is 0 Å². The molecule has 0 amide bonds. The third-order valence-corrected chi connectivity index (χ3v) is 7.04. The molecule has 0 aliphatic heterocycles. The Morgan fingerprint density at radius 1 is 0.750 bits per heavy atom. The van der Waals surface area contributed by atoms with Crippen LogP contribution in [0.25, 0.3) is 11.1 Å². The predicted octanol–water partition coefficient (Wildman–Crippen LogP) is 7.62. The Balaban J connectivity index is 1.56. The summed E-state index contributed by atoms with van der Waals surface area (Å²) >= 11 is 0. The third kappa shape index (κ3) is 3.70. The molecule has 0 nitrogen and oxygen atoms in total. The van der Waals surface area contributed by atoms with Gasteiger partial charge in [-0.25, -0.2) is 17.6 Å². The van der Waals surface area contributed by atoms with Crippen LogP contribution in [0.15, 0.2) is 30.3 Å². The van der Waals surface area contributed by atoms with Gasteiger partial charge in [0.05, 0.1) is 5.56 Å². The molecule has 0 bridgehead atoms. The zero-order valence-electron chi connectivity index (χ0n) is 16.2. The Kier molecular flexibility index (Phi) is 5.48. The molecule has 2 aliphatic rings. The Hall–Kier alpha value is -1.84. The minimum Gasteiger partial charge on any atom is -0.206 e. The van der Waals surface area contributed by atoms with Crippen molar-refractivity contribution >= 4 is 0 Å². The Morgan fingerprint density at radius 3 is 2.11 bits per heavy atom. The normalized spacial score (nSPS) is 27.5. The quantitative estimate of drug-likeness (QED) is 0.473. The Bertz CT molecular complexity index is 837. The van der Waals surface area contributed by atoms with Crippen molar-refractivity contribution < 1.29 is 17.6 Å². The summed E-state index contributed by atoms with van der Waals surface area (Å²) in [6.07, 6.45) is 8.10. The summed E-state index contributed by atoms with van der Waals surface area (Å²) in [7, 11) is 0. The molecule has 4 atom stereocenters. The van der Waals surface area contributed by atoms with Crippen LogP contribution in [0.4, 0.5) is 17.6 Å². The van der Waals surface area contributed by atoms with Crippen molar-refractivity contribution in [1.29, 1.82) is 0 Å². The molecule has 28 heavy (non-hydrogen) atoms. The maximum Gasteiger partial charge on any atom is 0.159 e. The molecule has 1 unspecified atom stereocenters. The highest BCUT2D eigenvalue weighted by Gasteiger charge is 2.36. The first-order valence-electron chi connectivity index (χ1n) is 10.4. The van der Waals surface area contributed by atoms with Crippen molar-refractivity contribution in [2.45, 2.75) is 57.8 Å². The van der Waals surface area contributed by atoms with Crippen LogP contribution in [0.2, 0.25) is 0 Å². The first-order chi connectivity index (χ1) is 13.5. The molecule has 4 heteroatoms. The van der Waals surface area contributed by atoms with E-state index in [1.807, 2.05) is 0 Å². The molecule has 2 saturated carbocycles. The summed E-state index contributed by atoms with van der Waals surface area (Å²) in [5.74, 6) is -1.15. The van der Waals surface area contributed by atoms with Crippen LogP contribution < -0.4 is 0 Å².